The van der Waals surface area contributed by atoms with Gasteiger partial charge in [-0.2, -0.15) is 4.31 Å². The monoisotopic (exact) mass is 542 g/mol. The van der Waals surface area contributed by atoms with E-state index in [2.05, 4.69) is 0 Å². The highest BCUT2D eigenvalue weighted by molar-refractivity contribution is 7.91. The molecule has 1 aromatic heterocycles. The highest BCUT2D eigenvalue weighted by atomic mass is 32.2. The van der Waals surface area contributed by atoms with E-state index in [0.717, 1.165) is 20.5 Å². The molecule has 5 rings (SSSR count). The maximum absolute atomic E-state index is 13.6. The van der Waals surface area contributed by atoms with Crippen LogP contribution in [0.3, 0.4) is 0 Å². The number of benzene rings is 2. The number of nitrogens with zero attached hydrogens (tertiary/aromatic N) is 2. The van der Waals surface area contributed by atoms with Gasteiger partial charge in [0.15, 0.2) is 11.5 Å². The molecule has 0 saturated carbocycles. The minimum Gasteiger partial charge on any atom is -0.462 e. The van der Waals surface area contributed by atoms with E-state index in [1.165, 1.54) is 30.3 Å². The molecule has 3 heterocycles. The van der Waals surface area contributed by atoms with Crippen LogP contribution < -0.4 is 14.4 Å². The van der Waals surface area contributed by atoms with Crippen molar-refractivity contribution in [2.75, 3.05) is 18.3 Å². The zero-order valence-electron chi connectivity index (χ0n) is 19.7. The van der Waals surface area contributed by atoms with Gasteiger partial charge in [-0.25, -0.2) is 18.1 Å². The fourth-order valence-corrected chi connectivity index (χ4v) is 6.87. The molecule has 1 unspecified atom stereocenters. The van der Waals surface area contributed by atoms with Crippen molar-refractivity contribution in [2.24, 2.45) is 0 Å². The van der Waals surface area contributed by atoms with Gasteiger partial charge in [-0.3, -0.25) is 9.59 Å². The largest absolute Gasteiger partial charge is 0.462 e. The lowest BCUT2D eigenvalue weighted by molar-refractivity contribution is -0.122. The van der Waals surface area contributed by atoms with Gasteiger partial charge in [-0.15, -0.1) is 11.3 Å². The number of sulfonamides is 1. The molecule has 12 heteroatoms. The number of ether oxygens (including phenoxy) is 3. The number of carbonyl (C=O) groups excluding carboxylic acids is 3. The number of amides is 2. The van der Waals surface area contributed by atoms with Gasteiger partial charge in [0.2, 0.25) is 12.7 Å². The fourth-order valence-electron chi connectivity index (χ4n) is 4.18. The Morgan fingerprint density at radius 2 is 1.86 bits per heavy atom. The van der Waals surface area contributed by atoms with Gasteiger partial charge in [0.05, 0.1) is 24.3 Å². The molecule has 2 amide bonds. The number of rotatable bonds is 8. The van der Waals surface area contributed by atoms with Crippen molar-refractivity contribution in [1.82, 2.24) is 4.31 Å². The first-order chi connectivity index (χ1) is 17.8. The van der Waals surface area contributed by atoms with Crippen LogP contribution >= 0.6 is 11.3 Å². The summed E-state index contributed by atoms with van der Waals surface area (Å²) in [5.74, 6) is -0.724. The molecule has 0 spiro atoms. The summed E-state index contributed by atoms with van der Waals surface area (Å²) in [5, 5.41) is 1.63. The number of carbonyl (C=O) groups is 3. The maximum Gasteiger partial charge on any atom is 0.338 e. The van der Waals surface area contributed by atoms with Gasteiger partial charge in [0.1, 0.15) is 10.3 Å². The quantitative estimate of drug-likeness (QED) is 0.315. The lowest BCUT2D eigenvalue weighted by atomic mass is 10.1. The Hall–Kier alpha value is -3.74. The molecule has 1 atom stereocenters. The van der Waals surface area contributed by atoms with Crippen LogP contribution in [0.4, 0.5) is 5.69 Å². The highest BCUT2D eigenvalue weighted by Gasteiger charge is 2.47. The first-order valence-corrected chi connectivity index (χ1v) is 13.7. The van der Waals surface area contributed by atoms with E-state index in [1.807, 2.05) is 0 Å². The van der Waals surface area contributed by atoms with Gasteiger partial charge < -0.3 is 14.2 Å². The molecular weight excluding hydrogens is 520 g/mol. The summed E-state index contributed by atoms with van der Waals surface area (Å²) in [6.45, 7) is 1.81. The zero-order chi connectivity index (χ0) is 26.2. The minimum absolute atomic E-state index is 0.0609. The first kappa shape index (κ1) is 24.9. The molecule has 192 valence electrons. The van der Waals surface area contributed by atoms with Gasteiger partial charge >= 0.3 is 5.97 Å². The average molecular weight is 543 g/mol. The van der Waals surface area contributed by atoms with Crippen LogP contribution in [0.5, 0.6) is 11.5 Å². The molecule has 3 aromatic rings. The molecular formula is C25H22N2O8S2. The van der Waals surface area contributed by atoms with E-state index < -0.39 is 33.8 Å². The van der Waals surface area contributed by atoms with Gasteiger partial charge in [0, 0.05) is 6.54 Å². The fraction of sp³-hybridized carbons (Fsp3) is 0.240. The van der Waals surface area contributed by atoms with E-state index >= 15 is 0 Å². The van der Waals surface area contributed by atoms with Crippen LogP contribution in [0.15, 0.2) is 64.2 Å². The second kappa shape index (κ2) is 9.96. The minimum atomic E-state index is -4.12. The highest BCUT2D eigenvalue weighted by Crippen LogP contribution is 2.36. The van der Waals surface area contributed by atoms with Crippen LogP contribution in [0, 0.1) is 0 Å². The second-order valence-electron chi connectivity index (χ2n) is 8.22. The second-order valence-corrected chi connectivity index (χ2v) is 11.3. The summed E-state index contributed by atoms with van der Waals surface area (Å²) >= 11 is 1.03. The number of hydrogen-bond donors (Lipinski definition) is 0. The van der Waals surface area contributed by atoms with Crippen molar-refractivity contribution in [3.05, 3.63) is 71.1 Å². The summed E-state index contributed by atoms with van der Waals surface area (Å²) in [6, 6.07) is 12.7. The smallest absolute Gasteiger partial charge is 0.338 e. The molecule has 2 aromatic carbocycles. The molecule has 0 N–H and O–H groups in total. The number of imide groups is 1. The van der Waals surface area contributed by atoms with Crippen molar-refractivity contribution in [2.45, 2.75) is 30.1 Å². The molecule has 0 radical (unpaired) electrons. The molecule has 0 aliphatic carbocycles. The number of anilines is 1. The van der Waals surface area contributed by atoms with Crippen LogP contribution in [0.25, 0.3) is 0 Å². The number of thiophene rings is 1. The van der Waals surface area contributed by atoms with E-state index in [-0.39, 0.29) is 41.8 Å². The molecule has 37 heavy (non-hydrogen) atoms. The normalized spacial score (nSPS) is 17.0. The molecule has 2 aliphatic rings. The SMILES string of the molecule is CCOC(=O)c1ccc(N2C(=O)CC(N(Cc3ccc4c(c3)OCO4)S(=O)(=O)c3cccs3)C2=O)cc1. The summed E-state index contributed by atoms with van der Waals surface area (Å²) < 4.78 is 44.1. The Morgan fingerprint density at radius 3 is 2.57 bits per heavy atom. The molecule has 1 fully saturated rings. The zero-order valence-corrected chi connectivity index (χ0v) is 21.3. The average Bonchev–Trinajstić information content (AvgIpc) is 3.64. The molecule has 2 aliphatic heterocycles. The van der Waals surface area contributed by atoms with Crippen LogP contribution in [0.1, 0.15) is 29.3 Å². The Labute approximate surface area is 217 Å². The lowest BCUT2D eigenvalue weighted by Crippen LogP contribution is -2.44. The van der Waals surface area contributed by atoms with E-state index in [0.29, 0.717) is 17.1 Å². The molecule has 0 bridgehead atoms. The van der Waals surface area contributed by atoms with E-state index in [1.54, 1.807) is 36.6 Å². The third kappa shape index (κ3) is 4.70. The predicted octanol–water partition coefficient (Wildman–Crippen LogP) is 3.18. The third-order valence-electron chi connectivity index (χ3n) is 5.94. The predicted molar refractivity (Wildman–Crippen MR) is 133 cm³/mol. The Morgan fingerprint density at radius 1 is 1.11 bits per heavy atom. The number of hydrogen-bond acceptors (Lipinski definition) is 9. The molecule has 10 nitrogen and oxygen atoms in total. The van der Waals surface area contributed by atoms with Crippen molar-refractivity contribution in [1.29, 1.82) is 0 Å². The standard InChI is InChI=1S/C25H22N2O8S2/c1-2-33-25(30)17-6-8-18(9-7-17)27-22(28)13-19(24(27)29)26(37(31,32)23-4-3-11-36-23)14-16-5-10-20-21(12-16)35-15-34-20/h3-12,19H,2,13-15H2,1H3. The number of esters is 1. The topological polar surface area (TPSA) is 120 Å². The number of fused-ring (bicyclic) bond motifs is 1. The van der Waals surface area contributed by atoms with Gasteiger partial charge in [-0.05, 0) is 60.3 Å². The van der Waals surface area contributed by atoms with Crippen molar-refractivity contribution in [3.63, 3.8) is 0 Å². The first-order valence-electron chi connectivity index (χ1n) is 11.4. The summed E-state index contributed by atoms with van der Waals surface area (Å²) in [7, 11) is -4.12. The van der Waals surface area contributed by atoms with Crippen LogP contribution in [0.2, 0.25) is 0 Å². The van der Waals surface area contributed by atoms with Gasteiger partial charge in [0.25, 0.3) is 15.9 Å². The van der Waals surface area contributed by atoms with Gasteiger partial charge in [-0.1, -0.05) is 12.1 Å². The van der Waals surface area contributed by atoms with Crippen molar-refractivity contribution >= 4 is 44.8 Å². The van der Waals surface area contributed by atoms with E-state index in [9.17, 15) is 22.8 Å². The van der Waals surface area contributed by atoms with Crippen LogP contribution in [-0.2, 0) is 30.9 Å². The Balaban J connectivity index is 1.47. The lowest BCUT2D eigenvalue weighted by Gasteiger charge is -2.26. The maximum atomic E-state index is 13.6. The van der Waals surface area contributed by atoms with Crippen LogP contribution in [-0.4, -0.2) is 49.9 Å². The summed E-state index contributed by atoms with van der Waals surface area (Å²) in [6.07, 6.45) is -0.326. The van der Waals surface area contributed by atoms with Crippen molar-refractivity contribution < 1.29 is 37.0 Å². The Bertz CT molecular complexity index is 1450. The van der Waals surface area contributed by atoms with E-state index in [4.69, 9.17) is 14.2 Å². The molecule has 1 saturated heterocycles. The third-order valence-corrected chi connectivity index (χ3v) is 9.17. The summed E-state index contributed by atoms with van der Waals surface area (Å²) in [5.41, 5.74) is 1.08. The Kier molecular flexibility index (Phi) is 6.71. The summed E-state index contributed by atoms with van der Waals surface area (Å²) in [4.78, 5) is 39.4. The van der Waals surface area contributed by atoms with Crippen molar-refractivity contribution in [3.8, 4) is 11.5 Å².